The standard InChI is InChI=1S/C13H25N3O2S/c1-10(2)7-5-3-4-6-8-15-12(17)13(18)16-9-11(14)19/h10H,3-9H2,1-2H3,(H2,14,19)(H,15,17)(H,16,18). The second-order valence-corrected chi connectivity index (χ2v) is 5.53. The average molecular weight is 287 g/mol. The van der Waals surface area contributed by atoms with Gasteiger partial charge >= 0.3 is 11.8 Å². The van der Waals surface area contributed by atoms with Crippen molar-refractivity contribution < 1.29 is 9.59 Å². The fourth-order valence-electron chi connectivity index (χ4n) is 1.56. The molecule has 4 N–H and O–H groups in total. The van der Waals surface area contributed by atoms with Gasteiger partial charge in [-0.15, -0.1) is 0 Å². The van der Waals surface area contributed by atoms with Gasteiger partial charge in [0.2, 0.25) is 0 Å². The van der Waals surface area contributed by atoms with E-state index in [1.54, 1.807) is 0 Å². The number of nitrogens with two attached hydrogens (primary N) is 1. The first-order valence-corrected chi connectivity index (χ1v) is 7.18. The average Bonchev–Trinajstić information content (AvgIpc) is 2.33. The molecule has 110 valence electrons. The van der Waals surface area contributed by atoms with Gasteiger partial charge in [-0.05, 0) is 12.3 Å². The van der Waals surface area contributed by atoms with Crippen molar-refractivity contribution in [3.05, 3.63) is 0 Å². The monoisotopic (exact) mass is 287 g/mol. The third kappa shape index (κ3) is 11.6. The van der Waals surface area contributed by atoms with Gasteiger partial charge < -0.3 is 16.4 Å². The highest BCUT2D eigenvalue weighted by Crippen LogP contribution is 2.08. The summed E-state index contributed by atoms with van der Waals surface area (Å²) >= 11 is 4.60. The summed E-state index contributed by atoms with van der Waals surface area (Å²) < 4.78 is 0. The lowest BCUT2D eigenvalue weighted by molar-refractivity contribution is -0.139. The van der Waals surface area contributed by atoms with E-state index in [9.17, 15) is 9.59 Å². The lowest BCUT2D eigenvalue weighted by Crippen LogP contribution is -2.43. The van der Waals surface area contributed by atoms with Gasteiger partial charge in [0.05, 0.1) is 11.5 Å². The van der Waals surface area contributed by atoms with E-state index >= 15 is 0 Å². The van der Waals surface area contributed by atoms with Crippen molar-refractivity contribution in [3.63, 3.8) is 0 Å². The van der Waals surface area contributed by atoms with Gasteiger partial charge in [0, 0.05) is 6.54 Å². The maximum atomic E-state index is 11.3. The first-order chi connectivity index (χ1) is 8.93. The largest absolute Gasteiger partial charge is 0.392 e. The molecular weight excluding hydrogens is 262 g/mol. The fourth-order valence-corrected chi connectivity index (χ4v) is 1.63. The molecule has 0 aliphatic rings. The zero-order chi connectivity index (χ0) is 14.7. The molecule has 0 unspecified atom stereocenters. The van der Waals surface area contributed by atoms with E-state index in [0.29, 0.717) is 6.54 Å². The third-order valence-electron chi connectivity index (χ3n) is 2.62. The molecule has 0 radical (unpaired) electrons. The Hall–Kier alpha value is -1.17. The molecule has 0 aromatic carbocycles. The van der Waals surface area contributed by atoms with Gasteiger partial charge in [-0.3, -0.25) is 9.59 Å². The molecule has 0 aromatic heterocycles. The Morgan fingerprint density at radius 1 is 1.05 bits per heavy atom. The van der Waals surface area contributed by atoms with Crippen molar-refractivity contribution in [1.29, 1.82) is 0 Å². The van der Waals surface area contributed by atoms with Gasteiger partial charge in [-0.25, -0.2) is 0 Å². The van der Waals surface area contributed by atoms with Gasteiger partial charge in [-0.1, -0.05) is 51.7 Å². The van der Waals surface area contributed by atoms with Crippen LogP contribution in [-0.4, -0.2) is 29.9 Å². The maximum absolute atomic E-state index is 11.3. The molecule has 0 fully saturated rings. The molecule has 6 heteroatoms. The second kappa shape index (κ2) is 10.7. The molecule has 0 rings (SSSR count). The summed E-state index contributed by atoms with van der Waals surface area (Å²) in [4.78, 5) is 22.7. The molecule has 0 aromatic rings. The maximum Gasteiger partial charge on any atom is 0.309 e. The predicted molar refractivity (Wildman–Crippen MR) is 80.7 cm³/mol. The van der Waals surface area contributed by atoms with Crippen molar-refractivity contribution in [2.75, 3.05) is 13.1 Å². The van der Waals surface area contributed by atoms with Crippen LogP contribution in [0.3, 0.4) is 0 Å². The Bertz CT molecular complexity index is 306. The van der Waals surface area contributed by atoms with E-state index in [-0.39, 0.29) is 11.5 Å². The van der Waals surface area contributed by atoms with Crippen molar-refractivity contribution >= 4 is 29.0 Å². The summed E-state index contributed by atoms with van der Waals surface area (Å²) in [5, 5.41) is 4.91. The molecule has 5 nitrogen and oxygen atoms in total. The van der Waals surface area contributed by atoms with Crippen LogP contribution in [0.2, 0.25) is 0 Å². The Labute approximate surface area is 120 Å². The third-order valence-corrected chi connectivity index (χ3v) is 2.77. The van der Waals surface area contributed by atoms with Crippen LogP contribution in [-0.2, 0) is 9.59 Å². The molecule has 0 saturated carbocycles. The van der Waals surface area contributed by atoms with Gasteiger partial charge in [0.15, 0.2) is 0 Å². The smallest absolute Gasteiger partial charge is 0.309 e. The van der Waals surface area contributed by atoms with E-state index in [0.717, 1.165) is 18.8 Å². The molecule has 19 heavy (non-hydrogen) atoms. The summed E-state index contributed by atoms with van der Waals surface area (Å²) in [7, 11) is 0. The zero-order valence-electron chi connectivity index (χ0n) is 11.8. The van der Waals surface area contributed by atoms with E-state index < -0.39 is 11.8 Å². The Morgan fingerprint density at radius 2 is 1.63 bits per heavy atom. The normalized spacial score (nSPS) is 10.3. The highest BCUT2D eigenvalue weighted by molar-refractivity contribution is 7.80. The number of nitrogens with one attached hydrogen (secondary N) is 2. The van der Waals surface area contributed by atoms with E-state index in [2.05, 4.69) is 36.7 Å². The van der Waals surface area contributed by atoms with Crippen molar-refractivity contribution in [3.8, 4) is 0 Å². The molecule has 0 spiro atoms. The second-order valence-electron chi connectivity index (χ2n) is 5.00. The molecular formula is C13H25N3O2S. The van der Waals surface area contributed by atoms with Gasteiger partial charge in [0.25, 0.3) is 0 Å². The molecule has 0 bridgehead atoms. The fraction of sp³-hybridized carbons (Fsp3) is 0.769. The lowest BCUT2D eigenvalue weighted by atomic mass is 10.0. The number of thiocarbonyl (C=S) groups is 1. The van der Waals surface area contributed by atoms with Crippen LogP contribution < -0.4 is 16.4 Å². The quantitative estimate of drug-likeness (QED) is 0.337. The predicted octanol–water partition coefficient (Wildman–Crippen LogP) is 1.11. The summed E-state index contributed by atoms with van der Waals surface area (Å²) in [6.45, 7) is 5.01. The van der Waals surface area contributed by atoms with Crippen LogP contribution in [0.4, 0.5) is 0 Å². The molecule has 0 atom stereocenters. The van der Waals surface area contributed by atoms with Crippen LogP contribution in [0.25, 0.3) is 0 Å². The minimum absolute atomic E-state index is 0.0524. The molecule has 0 aliphatic carbocycles. The van der Waals surface area contributed by atoms with Crippen molar-refractivity contribution in [1.82, 2.24) is 10.6 Å². The van der Waals surface area contributed by atoms with E-state index in [1.807, 2.05) is 0 Å². The van der Waals surface area contributed by atoms with Crippen LogP contribution in [0.15, 0.2) is 0 Å². The number of hydrogen-bond acceptors (Lipinski definition) is 3. The number of unbranched alkanes of at least 4 members (excludes halogenated alkanes) is 3. The summed E-state index contributed by atoms with van der Waals surface area (Å²) in [6, 6.07) is 0. The number of carbonyl (C=O) groups is 2. The Balaban J connectivity index is 3.47. The topological polar surface area (TPSA) is 84.2 Å². The Kier molecular flexibility index (Phi) is 10.1. The Morgan fingerprint density at radius 3 is 2.21 bits per heavy atom. The van der Waals surface area contributed by atoms with Crippen LogP contribution in [0.1, 0.15) is 46.0 Å². The summed E-state index contributed by atoms with van der Waals surface area (Å²) in [5.41, 5.74) is 5.22. The lowest BCUT2D eigenvalue weighted by Gasteiger charge is -2.06. The highest BCUT2D eigenvalue weighted by Gasteiger charge is 2.11. The number of rotatable bonds is 9. The van der Waals surface area contributed by atoms with Crippen molar-refractivity contribution in [2.45, 2.75) is 46.0 Å². The summed E-state index contributed by atoms with van der Waals surface area (Å²) in [6.07, 6.45) is 5.60. The van der Waals surface area contributed by atoms with E-state index in [4.69, 9.17) is 5.73 Å². The molecule has 0 aliphatic heterocycles. The molecule has 2 amide bonds. The van der Waals surface area contributed by atoms with Crippen LogP contribution in [0, 0.1) is 5.92 Å². The zero-order valence-corrected chi connectivity index (χ0v) is 12.6. The molecule has 0 heterocycles. The van der Waals surface area contributed by atoms with Crippen molar-refractivity contribution in [2.24, 2.45) is 11.7 Å². The number of amides is 2. The first-order valence-electron chi connectivity index (χ1n) is 6.77. The van der Waals surface area contributed by atoms with Crippen LogP contribution >= 0.6 is 12.2 Å². The summed E-state index contributed by atoms with van der Waals surface area (Å²) in [5.74, 6) is -0.567. The van der Waals surface area contributed by atoms with Gasteiger partial charge in [-0.2, -0.15) is 0 Å². The van der Waals surface area contributed by atoms with Crippen LogP contribution in [0.5, 0.6) is 0 Å². The minimum Gasteiger partial charge on any atom is -0.392 e. The SMILES string of the molecule is CC(C)CCCCCCNC(=O)C(=O)NCC(N)=S. The molecule has 0 saturated heterocycles. The number of hydrogen-bond donors (Lipinski definition) is 3. The minimum atomic E-state index is -0.687. The van der Waals surface area contributed by atoms with Gasteiger partial charge in [0.1, 0.15) is 0 Å². The van der Waals surface area contributed by atoms with E-state index in [1.165, 1.54) is 19.3 Å². The number of carbonyl (C=O) groups excluding carboxylic acids is 2. The highest BCUT2D eigenvalue weighted by atomic mass is 32.1. The first kappa shape index (κ1) is 17.8.